The number of pyridine rings is 1. The SMILES string of the molecule is CO[C@H]1CN(c2nc(C)ccc2/C(N)=N/C(C)O)CC[C@H]1NC1CCCCC1. The Balaban J connectivity index is 1.75. The molecule has 1 unspecified atom stereocenters. The van der Waals surface area contributed by atoms with Crippen LogP contribution >= 0.6 is 0 Å². The molecule has 0 spiro atoms. The number of aliphatic hydroxyl groups excluding tert-OH is 1. The number of hydrogen-bond donors (Lipinski definition) is 3. The van der Waals surface area contributed by atoms with Crippen molar-refractivity contribution in [1.82, 2.24) is 10.3 Å². The predicted octanol–water partition coefficient (Wildman–Crippen LogP) is 1.95. The summed E-state index contributed by atoms with van der Waals surface area (Å²) in [5, 5.41) is 13.4. The molecule has 1 aliphatic heterocycles. The van der Waals surface area contributed by atoms with Gasteiger partial charge in [-0.2, -0.15) is 0 Å². The Kier molecular flexibility index (Phi) is 7.26. The standard InChI is InChI=1S/C21H35N5O2/c1-14-9-10-17(20(22)24-15(2)27)21(23-14)26-12-11-18(19(13-26)28-3)25-16-7-5-4-6-8-16/h9-10,15-16,18-19,25,27H,4-8,11-13H2,1-3H3,(H2,22,24)/t15?,18-,19+/m1/s1. The van der Waals surface area contributed by atoms with Gasteiger partial charge in [-0.25, -0.2) is 9.98 Å². The van der Waals surface area contributed by atoms with Gasteiger partial charge in [0.05, 0.1) is 11.7 Å². The Morgan fingerprint density at radius 2 is 2.07 bits per heavy atom. The zero-order chi connectivity index (χ0) is 20.1. The molecule has 1 aliphatic carbocycles. The van der Waals surface area contributed by atoms with Crippen LogP contribution in [0.1, 0.15) is 56.7 Å². The zero-order valence-electron chi connectivity index (χ0n) is 17.4. The molecule has 0 bridgehead atoms. The molecule has 3 atom stereocenters. The van der Waals surface area contributed by atoms with Crippen LogP contribution in [0.15, 0.2) is 17.1 Å². The van der Waals surface area contributed by atoms with E-state index in [1.54, 1.807) is 14.0 Å². The highest BCUT2D eigenvalue weighted by Gasteiger charge is 2.32. The normalized spacial score (nSPS) is 25.7. The lowest BCUT2D eigenvalue weighted by molar-refractivity contribution is 0.0533. The smallest absolute Gasteiger partial charge is 0.144 e. The van der Waals surface area contributed by atoms with Crippen LogP contribution in [0.2, 0.25) is 0 Å². The van der Waals surface area contributed by atoms with Gasteiger partial charge in [-0.05, 0) is 45.2 Å². The maximum Gasteiger partial charge on any atom is 0.144 e. The summed E-state index contributed by atoms with van der Waals surface area (Å²) in [6, 6.07) is 4.84. The summed E-state index contributed by atoms with van der Waals surface area (Å²) in [7, 11) is 1.79. The van der Waals surface area contributed by atoms with Crippen molar-refractivity contribution >= 4 is 11.7 Å². The minimum Gasteiger partial charge on any atom is -0.383 e. The van der Waals surface area contributed by atoms with Crippen LogP contribution < -0.4 is 16.0 Å². The van der Waals surface area contributed by atoms with Gasteiger partial charge >= 0.3 is 0 Å². The molecule has 2 heterocycles. The number of methoxy groups -OCH3 is 1. The van der Waals surface area contributed by atoms with Crippen LogP contribution in [-0.2, 0) is 4.74 Å². The minimum absolute atomic E-state index is 0.0979. The van der Waals surface area contributed by atoms with E-state index in [2.05, 4.69) is 15.2 Å². The van der Waals surface area contributed by atoms with Crippen molar-refractivity contribution in [1.29, 1.82) is 0 Å². The van der Waals surface area contributed by atoms with Gasteiger partial charge in [-0.15, -0.1) is 0 Å². The molecule has 156 valence electrons. The highest BCUT2D eigenvalue weighted by molar-refractivity contribution is 6.01. The Labute approximate surface area is 168 Å². The van der Waals surface area contributed by atoms with Gasteiger partial charge in [0.15, 0.2) is 0 Å². The molecule has 1 aromatic heterocycles. The monoisotopic (exact) mass is 389 g/mol. The second-order valence-electron chi connectivity index (χ2n) is 8.09. The Hall–Kier alpha value is -1.70. The molecule has 0 radical (unpaired) electrons. The average molecular weight is 390 g/mol. The fraction of sp³-hybridized carbons (Fsp3) is 0.714. The predicted molar refractivity (Wildman–Crippen MR) is 113 cm³/mol. The largest absolute Gasteiger partial charge is 0.383 e. The molecular formula is C21H35N5O2. The molecule has 7 nitrogen and oxygen atoms in total. The summed E-state index contributed by atoms with van der Waals surface area (Å²) in [5.41, 5.74) is 7.85. The molecule has 4 N–H and O–H groups in total. The molecular weight excluding hydrogens is 354 g/mol. The zero-order valence-corrected chi connectivity index (χ0v) is 17.4. The van der Waals surface area contributed by atoms with Gasteiger partial charge in [0.1, 0.15) is 17.9 Å². The van der Waals surface area contributed by atoms with E-state index in [-0.39, 0.29) is 6.10 Å². The highest BCUT2D eigenvalue weighted by atomic mass is 16.5. The first-order valence-electron chi connectivity index (χ1n) is 10.5. The van der Waals surface area contributed by atoms with Crippen LogP contribution in [-0.4, -0.2) is 60.5 Å². The maximum absolute atomic E-state index is 9.58. The minimum atomic E-state index is -0.841. The fourth-order valence-corrected chi connectivity index (χ4v) is 4.37. The van der Waals surface area contributed by atoms with Crippen molar-refractivity contribution in [3.05, 3.63) is 23.4 Å². The van der Waals surface area contributed by atoms with Gasteiger partial charge < -0.3 is 25.8 Å². The number of aliphatic hydroxyl groups is 1. The van der Waals surface area contributed by atoms with Crippen molar-refractivity contribution in [2.75, 3.05) is 25.1 Å². The number of amidine groups is 1. The lowest BCUT2D eigenvalue weighted by atomic mass is 9.92. The topological polar surface area (TPSA) is 96.0 Å². The Morgan fingerprint density at radius 3 is 2.75 bits per heavy atom. The van der Waals surface area contributed by atoms with E-state index in [1.165, 1.54) is 32.1 Å². The van der Waals surface area contributed by atoms with Crippen LogP contribution in [0, 0.1) is 6.92 Å². The number of hydrogen-bond acceptors (Lipinski definition) is 6. The summed E-state index contributed by atoms with van der Waals surface area (Å²) in [6.45, 7) is 5.21. The van der Waals surface area contributed by atoms with Crippen LogP contribution in [0.4, 0.5) is 5.82 Å². The molecule has 1 saturated heterocycles. The Bertz CT molecular complexity index is 673. The average Bonchev–Trinajstić information content (AvgIpc) is 2.68. The molecule has 1 aromatic rings. The van der Waals surface area contributed by atoms with Gasteiger partial charge in [0, 0.05) is 38.0 Å². The van der Waals surface area contributed by atoms with E-state index >= 15 is 0 Å². The van der Waals surface area contributed by atoms with Crippen molar-refractivity contribution in [2.45, 2.75) is 76.8 Å². The summed E-state index contributed by atoms with van der Waals surface area (Å²) in [6.07, 6.45) is 6.81. The van der Waals surface area contributed by atoms with Crippen LogP contribution in [0.5, 0.6) is 0 Å². The van der Waals surface area contributed by atoms with E-state index in [1.807, 2.05) is 19.1 Å². The number of piperidine rings is 1. The molecule has 0 amide bonds. The number of anilines is 1. The lowest BCUT2D eigenvalue weighted by Gasteiger charge is -2.41. The number of nitrogens with zero attached hydrogens (tertiary/aromatic N) is 3. The second-order valence-corrected chi connectivity index (χ2v) is 8.09. The van der Waals surface area contributed by atoms with E-state index < -0.39 is 6.23 Å². The summed E-state index contributed by atoms with van der Waals surface area (Å²) < 4.78 is 5.86. The van der Waals surface area contributed by atoms with Crippen molar-refractivity contribution in [3.63, 3.8) is 0 Å². The summed E-state index contributed by atoms with van der Waals surface area (Å²) in [5.74, 6) is 1.13. The Morgan fingerprint density at radius 1 is 1.32 bits per heavy atom. The number of aliphatic imine (C=N–C) groups is 1. The third-order valence-electron chi connectivity index (χ3n) is 5.83. The van der Waals surface area contributed by atoms with E-state index in [9.17, 15) is 5.11 Å². The fourth-order valence-electron chi connectivity index (χ4n) is 4.37. The number of nitrogens with one attached hydrogen (secondary N) is 1. The first kappa shape index (κ1) is 21.0. The number of aryl methyl sites for hydroxylation is 1. The molecule has 0 aromatic carbocycles. The molecule has 3 rings (SSSR count). The van der Waals surface area contributed by atoms with Crippen molar-refractivity contribution in [3.8, 4) is 0 Å². The summed E-state index contributed by atoms with van der Waals surface area (Å²) in [4.78, 5) is 11.1. The van der Waals surface area contributed by atoms with Gasteiger partial charge in [0.25, 0.3) is 0 Å². The molecule has 28 heavy (non-hydrogen) atoms. The van der Waals surface area contributed by atoms with E-state index in [0.29, 0.717) is 17.9 Å². The first-order valence-corrected chi connectivity index (χ1v) is 10.5. The van der Waals surface area contributed by atoms with Crippen LogP contribution in [0.25, 0.3) is 0 Å². The van der Waals surface area contributed by atoms with E-state index in [4.69, 9.17) is 15.5 Å². The summed E-state index contributed by atoms with van der Waals surface area (Å²) >= 11 is 0. The number of rotatable bonds is 6. The third kappa shape index (κ3) is 5.21. The highest BCUT2D eigenvalue weighted by Crippen LogP contribution is 2.26. The number of ether oxygens (including phenoxy) is 1. The second kappa shape index (κ2) is 9.67. The van der Waals surface area contributed by atoms with Gasteiger partial charge in [-0.1, -0.05) is 19.3 Å². The van der Waals surface area contributed by atoms with Crippen molar-refractivity contribution in [2.24, 2.45) is 10.7 Å². The van der Waals surface area contributed by atoms with Gasteiger partial charge in [0.2, 0.25) is 0 Å². The quantitative estimate of drug-likeness (QED) is 0.508. The molecule has 1 saturated carbocycles. The first-order chi connectivity index (χ1) is 13.5. The lowest BCUT2D eigenvalue weighted by Crippen LogP contribution is -2.56. The number of nitrogens with two attached hydrogens (primary N) is 1. The van der Waals surface area contributed by atoms with Crippen LogP contribution in [0.3, 0.4) is 0 Å². The molecule has 2 aliphatic rings. The van der Waals surface area contributed by atoms with Gasteiger partial charge in [-0.3, -0.25) is 0 Å². The third-order valence-corrected chi connectivity index (χ3v) is 5.83. The molecule has 2 fully saturated rings. The van der Waals surface area contributed by atoms with E-state index in [0.717, 1.165) is 36.6 Å². The van der Waals surface area contributed by atoms with Crippen molar-refractivity contribution < 1.29 is 9.84 Å². The molecule has 7 heteroatoms. The maximum atomic E-state index is 9.58. The number of aromatic nitrogens is 1.